The Morgan fingerprint density at radius 3 is 2.95 bits per heavy atom. The number of pyridine rings is 1. The molecule has 2 N–H and O–H groups in total. The van der Waals surface area contributed by atoms with Gasteiger partial charge in [0, 0.05) is 18.1 Å². The fourth-order valence-corrected chi connectivity index (χ4v) is 2.50. The van der Waals surface area contributed by atoms with Crippen molar-refractivity contribution in [3.05, 3.63) is 64.7 Å². The zero-order valence-electron chi connectivity index (χ0n) is 12.3. The number of benzene rings is 1. The second-order valence-corrected chi connectivity index (χ2v) is 5.15. The Morgan fingerprint density at radius 2 is 2.14 bits per heavy atom. The lowest BCUT2D eigenvalue weighted by Gasteiger charge is -2.08. The van der Waals surface area contributed by atoms with E-state index in [1.54, 1.807) is 29.1 Å². The smallest absolute Gasteiger partial charge is 0.257 e. The van der Waals surface area contributed by atoms with Gasteiger partial charge < -0.3 is 14.9 Å². The molecule has 3 rings (SSSR count). The van der Waals surface area contributed by atoms with E-state index in [1.807, 2.05) is 24.3 Å². The Balaban J connectivity index is 1.78. The molecule has 0 saturated heterocycles. The Bertz CT molecular complexity index is 877. The number of H-pyrrole nitrogens is 1. The van der Waals surface area contributed by atoms with E-state index in [1.165, 1.54) is 5.56 Å². The number of carbonyl (C=O) groups is 1. The third-order valence-corrected chi connectivity index (χ3v) is 3.64. The largest absolute Gasteiger partial charge is 0.338 e. The van der Waals surface area contributed by atoms with Crippen LogP contribution in [0.15, 0.2) is 53.6 Å². The minimum Gasteiger partial charge on any atom is -0.338 e. The molecule has 0 aliphatic heterocycles. The van der Waals surface area contributed by atoms with Gasteiger partial charge in [-0.1, -0.05) is 19.1 Å². The molecular formula is C17H17N3O2. The van der Waals surface area contributed by atoms with Gasteiger partial charge in [0.05, 0.1) is 10.9 Å². The maximum absolute atomic E-state index is 12.2. The summed E-state index contributed by atoms with van der Waals surface area (Å²) in [6, 6.07) is 11.3. The molecule has 0 unspecified atom stereocenters. The lowest BCUT2D eigenvalue weighted by molar-refractivity contribution is -0.116. The molecular weight excluding hydrogens is 278 g/mol. The minimum absolute atomic E-state index is 0.119. The van der Waals surface area contributed by atoms with Crippen molar-refractivity contribution in [2.45, 2.75) is 19.9 Å². The van der Waals surface area contributed by atoms with Gasteiger partial charge in [-0.15, -0.1) is 0 Å². The molecule has 112 valence electrons. The zero-order chi connectivity index (χ0) is 15.5. The second kappa shape index (κ2) is 5.89. The van der Waals surface area contributed by atoms with Crippen LogP contribution in [0.25, 0.3) is 10.9 Å². The van der Waals surface area contributed by atoms with Crippen LogP contribution in [0.4, 0.5) is 5.69 Å². The highest BCUT2D eigenvalue weighted by molar-refractivity contribution is 5.92. The summed E-state index contributed by atoms with van der Waals surface area (Å²) in [5, 5.41) is 3.47. The molecule has 2 heterocycles. The first-order valence-corrected chi connectivity index (χ1v) is 7.22. The van der Waals surface area contributed by atoms with Gasteiger partial charge >= 0.3 is 0 Å². The summed E-state index contributed by atoms with van der Waals surface area (Å²) in [4.78, 5) is 26.5. The van der Waals surface area contributed by atoms with Crippen LogP contribution in [0.1, 0.15) is 12.5 Å². The lowest BCUT2D eigenvalue weighted by Crippen LogP contribution is -2.18. The third-order valence-electron chi connectivity index (χ3n) is 3.64. The molecule has 1 amide bonds. The Morgan fingerprint density at radius 1 is 1.27 bits per heavy atom. The van der Waals surface area contributed by atoms with E-state index >= 15 is 0 Å². The van der Waals surface area contributed by atoms with Gasteiger partial charge in [-0.2, -0.15) is 0 Å². The van der Waals surface area contributed by atoms with Crippen LogP contribution in [-0.4, -0.2) is 15.5 Å². The summed E-state index contributed by atoms with van der Waals surface area (Å²) in [7, 11) is 0. The average molecular weight is 295 g/mol. The number of aromatic nitrogens is 2. The van der Waals surface area contributed by atoms with E-state index in [-0.39, 0.29) is 18.0 Å². The maximum Gasteiger partial charge on any atom is 0.257 e. The van der Waals surface area contributed by atoms with Crippen molar-refractivity contribution < 1.29 is 4.79 Å². The van der Waals surface area contributed by atoms with Gasteiger partial charge in [-0.3, -0.25) is 9.59 Å². The van der Waals surface area contributed by atoms with E-state index in [4.69, 9.17) is 0 Å². The third kappa shape index (κ3) is 2.79. The number of hydrogen-bond donors (Lipinski definition) is 2. The minimum atomic E-state index is -0.146. The molecule has 0 spiro atoms. The van der Waals surface area contributed by atoms with Gasteiger partial charge in [-0.05, 0) is 36.2 Å². The summed E-state index contributed by atoms with van der Waals surface area (Å²) in [6.45, 7) is 2.24. The van der Waals surface area contributed by atoms with Crippen molar-refractivity contribution in [2.24, 2.45) is 0 Å². The highest BCUT2D eigenvalue weighted by atomic mass is 16.2. The van der Waals surface area contributed by atoms with Crippen molar-refractivity contribution in [3.63, 3.8) is 0 Å². The first-order chi connectivity index (χ1) is 10.7. The normalized spacial score (nSPS) is 10.8. The molecule has 0 aliphatic carbocycles. The van der Waals surface area contributed by atoms with E-state index in [9.17, 15) is 9.59 Å². The number of nitrogens with one attached hydrogen (secondary N) is 2. The predicted molar refractivity (Wildman–Crippen MR) is 87.0 cm³/mol. The summed E-state index contributed by atoms with van der Waals surface area (Å²) in [5.74, 6) is -0.119. The van der Waals surface area contributed by atoms with Gasteiger partial charge in [0.25, 0.3) is 5.56 Å². The lowest BCUT2D eigenvalue weighted by atomic mass is 10.1. The fraction of sp³-hybridized carbons (Fsp3) is 0.176. The highest BCUT2D eigenvalue weighted by Crippen LogP contribution is 2.13. The Labute approximate surface area is 127 Å². The SMILES string of the molecule is CCc1cccc(NC(=O)Cn2ccc3c(=O)[nH]ccc32)c1. The number of amides is 1. The van der Waals surface area contributed by atoms with E-state index < -0.39 is 0 Å². The van der Waals surface area contributed by atoms with E-state index in [0.29, 0.717) is 5.39 Å². The van der Waals surface area contributed by atoms with Gasteiger partial charge in [0.15, 0.2) is 0 Å². The van der Waals surface area contributed by atoms with Crippen molar-refractivity contribution in [2.75, 3.05) is 5.32 Å². The maximum atomic E-state index is 12.2. The number of anilines is 1. The van der Waals surface area contributed by atoms with Gasteiger partial charge in [0.1, 0.15) is 6.54 Å². The molecule has 0 atom stereocenters. The fourth-order valence-electron chi connectivity index (χ4n) is 2.50. The number of fused-ring (bicyclic) bond motifs is 1. The quantitative estimate of drug-likeness (QED) is 0.776. The molecule has 0 saturated carbocycles. The van der Waals surface area contributed by atoms with Crippen LogP contribution < -0.4 is 10.9 Å². The predicted octanol–water partition coefficient (Wildman–Crippen LogP) is 2.53. The molecule has 0 aliphatic rings. The summed E-state index contributed by atoms with van der Waals surface area (Å²) < 4.78 is 1.77. The molecule has 1 aromatic carbocycles. The van der Waals surface area contributed by atoms with E-state index in [2.05, 4.69) is 17.2 Å². The van der Waals surface area contributed by atoms with Crippen molar-refractivity contribution >= 4 is 22.5 Å². The molecule has 0 fully saturated rings. The topological polar surface area (TPSA) is 66.9 Å². The summed E-state index contributed by atoms with van der Waals surface area (Å²) in [5.41, 5.74) is 2.57. The van der Waals surface area contributed by atoms with Crippen LogP contribution in [0.5, 0.6) is 0 Å². The first-order valence-electron chi connectivity index (χ1n) is 7.22. The first kappa shape index (κ1) is 14.1. The van der Waals surface area contributed by atoms with Crippen molar-refractivity contribution in [3.8, 4) is 0 Å². The molecule has 0 radical (unpaired) electrons. The number of nitrogens with zero attached hydrogens (tertiary/aromatic N) is 1. The van der Waals surface area contributed by atoms with Crippen molar-refractivity contribution in [1.29, 1.82) is 0 Å². The van der Waals surface area contributed by atoms with Crippen LogP contribution in [0, 0.1) is 0 Å². The number of carbonyl (C=O) groups excluding carboxylic acids is 1. The second-order valence-electron chi connectivity index (χ2n) is 5.15. The number of aromatic amines is 1. The molecule has 5 nitrogen and oxygen atoms in total. The van der Waals surface area contributed by atoms with Crippen LogP contribution in [-0.2, 0) is 17.8 Å². The standard InChI is InChI=1S/C17H17N3O2/c1-2-12-4-3-5-13(10-12)19-16(21)11-20-9-7-14-15(20)6-8-18-17(14)22/h3-10H,2,11H2,1H3,(H,18,22)(H,19,21). The van der Waals surface area contributed by atoms with Gasteiger partial charge in [0.2, 0.25) is 5.91 Å². The monoisotopic (exact) mass is 295 g/mol. The summed E-state index contributed by atoms with van der Waals surface area (Å²) >= 11 is 0. The molecule has 2 aromatic heterocycles. The van der Waals surface area contributed by atoms with Gasteiger partial charge in [-0.25, -0.2) is 0 Å². The van der Waals surface area contributed by atoms with E-state index in [0.717, 1.165) is 17.6 Å². The average Bonchev–Trinajstić information content (AvgIpc) is 2.92. The van der Waals surface area contributed by atoms with Crippen molar-refractivity contribution in [1.82, 2.24) is 9.55 Å². The highest BCUT2D eigenvalue weighted by Gasteiger charge is 2.08. The summed E-state index contributed by atoms with van der Waals surface area (Å²) in [6.07, 6.45) is 4.26. The van der Waals surface area contributed by atoms with Crippen LogP contribution in [0.2, 0.25) is 0 Å². The molecule has 3 aromatic rings. The molecule has 0 bridgehead atoms. The Hall–Kier alpha value is -2.82. The van der Waals surface area contributed by atoms with Crippen LogP contribution in [0.3, 0.4) is 0 Å². The Kier molecular flexibility index (Phi) is 3.78. The van der Waals surface area contributed by atoms with Crippen LogP contribution >= 0.6 is 0 Å². The molecule has 5 heteroatoms. The molecule has 22 heavy (non-hydrogen) atoms. The zero-order valence-corrected chi connectivity index (χ0v) is 12.3. The number of aryl methyl sites for hydroxylation is 1. The number of hydrogen-bond acceptors (Lipinski definition) is 2. The number of rotatable bonds is 4.